The van der Waals surface area contributed by atoms with Crippen LogP contribution in [0.1, 0.15) is 62.6 Å². The van der Waals surface area contributed by atoms with E-state index in [9.17, 15) is 4.79 Å². The first-order chi connectivity index (χ1) is 11.7. The van der Waals surface area contributed by atoms with Crippen molar-refractivity contribution in [3.8, 4) is 5.75 Å². The zero-order valence-electron chi connectivity index (χ0n) is 18.2. The molecule has 2 aromatic carbocycles. The standard InChI is InChI=1S/C22H29O2P.Li.H/c1-7-12-24-18-8-10-19(11-9-18)25-21(23)20-15(2)13-17(14-16(20)3)22(4,5)6;;/h8-11,13-14,25H,7,12H2,1-6H3;;/q;+1;-1. The third kappa shape index (κ3) is 5.99. The van der Waals surface area contributed by atoms with Gasteiger partial charge < -0.3 is 6.16 Å². The Morgan fingerprint density at radius 2 is 1.62 bits per heavy atom. The number of hydrogen-bond donors (Lipinski definition) is 0. The molecule has 2 nitrogen and oxygen atoms in total. The van der Waals surface area contributed by atoms with Crippen molar-refractivity contribution in [1.29, 1.82) is 0 Å². The molecule has 0 saturated carbocycles. The first-order valence-electron chi connectivity index (χ1n) is 8.88. The molecule has 4 heteroatoms. The molecule has 1 unspecified atom stereocenters. The summed E-state index contributed by atoms with van der Waals surface area (Å²) in [5, 5.41) is 1.05. The minimum atomic E-state index is 0. The van der Waals surface area contributed by atoms with E-state index in [1.165, 1.54) is 5.56 Å². The Bertz CT molecular complexity index is 729. The molecule has 0 N–H and O–H groups in total. The van der Waals surface area contributed by atoms with Crippen LogP contribution in [-0.4, -0.2) is 12.1 Å². The molecule has 0 heterocycles. The van der Waals surface area contributed by atoms with Gasteiger partial charge in [0.05, 0.1) is 6.61 Å². The molecular weight excluding hydrogens is 334 g/mol. The summed E-state index contributed by atoms with van der Waals surface area (Å²) in [6.45, 7) is 13.5. The molecule has 0 aromatic heterocycles. The van der Waals surface area contributed by atoms with Gasteiger partial charge in [-0.3, -0.25) is 4.79 Å². The van der Waals surface area contributed by atoms with Crippen LogP contribution >= 0.6 is 8.58 Å². The summed E-state index contributed by atoms with van der Waals surface area (Å²) in [5.74, 6) is 0.866. The predicted octanol–water partition coefficient (Wildman–Crippen LogP) is 2.65. The van der Waals surface area contributed by atoms with Gasteiger partial charge in [-0.15, -0.1) is 0 Å². The van der Waals surface area contributed by atoms with Gasteiger partial charge in [-0.05, 0) is 68.4 Å². The maximum atomic E-state index is 12.9. The van der Waals surface area contributed by atoms with Gasteiger partial charge >= 0.3 is 18.9 Å². The molecule has 26 heavy (non-hydrogen) atoms. The predicted molar refractivity (Wildman–Crippen MR) is 110 cm³/mol. The average Bonchev–Trinajstić information content (AvgIpc) is 2.52. The van der Waals surface area contributed by atoms with Crippen LogP contribution in [0.5, 0.6) is 5.75 Å². The third-order valence-corrected chi connectivity index (χ3v) is 5.31. The number of rotatable bonds is 6. The second-order valence-corrected chi connectivity index (χ2v) is 8.84. The smallest absolute Gasteiger partial charge is 1.00 e. The SMILES string of the molecule is CCCOc1ccc(PC(=O)c2c(C)cc(C(C)(C)C)cc2C)cc1.[H-].[Li+]. The number of aryl methyl sites for hydroxylation is 2. The van der Waals surface area contributed by atoms with Crippen molar-refractivity contribution >= 4 is 19.4 Å². The first kappa shape index (κ1) is 23.0. The van der Waals surface area contributed by atoms with E-state index < -0.39 is 0 Å². The summed E-state index contributed by atoms with van der Waals surface area (Å²) in [6, 6.07) is 12.2. The normalized spacial score (nSPS) is 11.5. The molecule has 0 aliphatic heterocycles. The van der Waals surface area contributed by atoms with Gasteiger partial charge in [0, 0.05) is 5.56 Å². The number of carbonyl (C=O) groups excluding carboxylic acids is 1. The molecule has 0 aliphatic carbocycles. The van der Waals surface area contributed by atoms with E-state index in [1.807, 2.05) is 38.1 Å². The molecule has 136 valence electrons. The molecule has 0 spiro atoms. The Kier molecular flexibility index (Phi) is 8.62. The van der Waals surface area contributed by atoms with Gasteiger partial charge in [0.25, 0.3) is 0 Å². The van der Waals surface area contributed by atoms with Gasteiger partial charge in [0.15, 0.2) is 5.52 Å². The Labute approximate surface area is 173 Å². The monoisotopic (exact) mass is 364 g/mol. The van der Waals surface area contributed by atoms with E-state index in [-0.39, 0.29) is 39.8 Å². The second-order valence-electron chi connectivity index (χ2n) is 7.56. The topological polar surface area (TPSA) is 26.3 Å². The van der Waals surface area contributed by atoms with E-state index >= 15 is 0 Å². The number of benzene rings is 2. The van der Waals surface area contributed by atoms with Crippen molar-refractivity contribution in [3.63, 3.8) is 0 Å². The minimum absolute atomic E-state index is 0. The Balaban J connectivity index is 0.00000338. The van der Waals surface area contributed by atoms with Crippen LogP contribution in [0.4, 0.5) is 0 Å². The molecule has 0 saturated heterocycles. The molecule has 2 aromatic rings. The van der Waals surface area contributed by atoms with Crippen molar-refractivity contribution < 1.29 is 29.8 Å². The van der Waals surface area contributed by atoms with E-state index in [4.69, 9.17) is 4.74 Å². The van der Waals surface area contributed by atoms with Crippen LogP contribution in [0.3, 0.4) is 0 Å². The van der Waals surface area contributed by atoms with Crippen LogP contribution in [0.25, 0.3) is 0 Å². The maximum Gasteiger partial charge on any atom is 1.00 e. The van der Waals surface area contributed by atoms with Crippen LogP contribution in [0, 0.1) is 13.8 Å². The number of carbonyl (C=O) groups is 1. The molecular formula is C22H30LiO2P. The minimum Gasteiger partial charge on any atom is -1.00 e. The van der Waals surface area contributed by atoms with E-state index in [1.54, 1.807) is 0 Å². The third-order valence-electron chi connectivity index (χ3n) is 4.21. The molecule has 0 radical (unpaired) electrons. The fourth-order valence-electron chi connectivity index (χ4n) is 2.80. The summed E-state index contributed by atoms with van der Waals surface area (Å²) in [6.07, 6.45) is 0.991. The first-order valence-corrected chi connectivity index (χ1v) is 9.88. The molecule has 1 atom stereocenters. The largest absolute Gasteiger partial charge is 1.00 e. The molecule has 0 amide bonds. The van der Waals surface area contributed by atoms with Crippen molar-refractivity contribution in [2.45, 2.75) is 53.4 Å². The molecule has 0 aliphatic rings. The van der Waals surface area contributed by atoms with Crippen LogP contribution in [-0.2, 0) is 5.41 Å². The zero-order valence-corrected chi connectivity index (χ0v) is 18.2. The summed E-state index contributed by atoms with van der Waals surface area (Å²) in [7, 11) is 0.136. The molecule has 0 fully saturated rings. The number of ether oxygens (including phenoxy) is 1. The van der Waals surface area contributed by atoms with Gasteiger partial charge in [-0.25, -0.2) is 0 Å². The second kappa shape index (κ2) is 9.75. The average molecular weight is 364 g/mol. The van der Waals surface area contributed by atoms with Crippen LogP contribution in [0.15, 0.2) is 36.4 Å². The summed E-state index contributed by atoms with van der Waals surface area (Å²) in [5.41, 5.74) is 4.60. The van der Waals surface area contributed by atoms with Gasteiger partial charge in [0.1, 0.15) is 5.75 Å². The van der Waals surface area contributed by atoms with Crippen LogP contribution < -0.4 is 28.9 Å². The molecule has 0 bridgehead atoms. The van der Waals surface area contributed by atoms with E-state index in [2.05, 4.69) is 39.8 Å². The van der Waals surface area contributed by atoms with E-state index in [0.717, 1.165) is 40.8 Å². The Hall–Kier alpha value is -1.06. The fourth-order valence-corrected chi connectivity index (χ4v) is 3.92. The summed E-state index contributed by atoms with van der Waals surface area (Å²) < 4.78 is 5.60. The van der Waals surface area contributed by atoms with Gasteiger partial charge in [-0.1, -0.05) is 52.0 Å². The molecule has 2 rings (SSSR count). The van der Waals surface area contributed by atoms with Crippen molar-refractivity contribution in [1.82, 2.24) is 0 Å². The summed E-state index contributed by atoms with van der Waals surface area (Å²) >= 11 is 0. The fraction of sp³-hybridized carbons (Fsp3) is 0.409. The quantitative estimate of drug-likeness (QED) is 0.582. The van der Waals surface area contributed by atoms with Crippen molar-refractivity contribution in [2.24, 2.45) is 0 Å². The van der Waals surface area contributed by atoms with Gasteiger partial charge in [-0.2, -0.15) is 0 Å². The zero-order chi connectivity index (χ0) is 18.6. The van der Waals surface area contributed by atoms with Gasteiger partial charge in [0.2, 0.25) is 0 Å². The van der Waals surface area contributed by atoms with Crippen LogP contribution in [0.2, 0.25) is 0 Å². The van der Waals surface area contributed by atoms with Crippen molar-refractivity contribution in [2.75, 3.05) is 6.61 Å². The number of hydrogen-bond acceptors (Lipinski definition) is 2. The van der Waals surface area contributed by atoms with E-state index in [0.29, 0.717) is 0 Å². The van der Waals surface area contributed by atoms with Crippen molar-refractivity contribution in [3.05, 3.63) is 58.7 Å². The Morgan fingerprint density at radius 1 is 1.08 bits per heavy atom. The summed E-state index contributed by atoms with van der Waals surface area (Å²) in [4.78, 5) is 12.9. The Morgan fingerprint density at radius 3 is 2.08 bits per heavy atom. The maximum absolute atomic E-state index is 12.9.